The topological polar surface area (TPSA) is 55.1 Å². The average Bonchev–Trinajstić information content (AvgIpc) is 2.28. The molecule has 0 unspecified atom stereocenters. The Hall–Kier alpha value is -1.42. The Labute approximate surface area is 107 Å². The van der Waals surface area contributed by atoms with Gasteiger partial charge < -0.3 is 11.1 Å². The second-order valence-corrected chi connectivity index (χ2v) is 4.91. The quantitative estimate of drug-likeness (QED) is 0.758. The number of hydrogen-bond donors (Lipinski definition) is 2. The van der Waals surface area contributed by atoms with E-state index in [2.05, 4.69) is 5.32 Å². The zero-order valence-corrected chi connectivity index (χ0v) is 10.4. The van der Waals surface area contributed by atoms with Crippen LogP contribution in [0.1, 0.15) is 37.2 Å². The van der Waals surface area contributed by atoms with Crippen molar-refractivity contribution in [2.24, 2.45) is 5.73 Å². The molecule has 0 saturated heterocycles. The van der Waals surface area contributed by atoms with E-state index in [4.69, 9.17) is 5.73 Å². The van der Waals surface area contributed by atoms with Gasteiger partial charge in [-0.25, -0.2) is 4.39 Å². The number of carbonyl (C=O) groups excluding carboxylic acids is 1. The van der Waals surface area contributed by atoms with Gasteiger partial charge in [-0.15, -0.1) is 0 Å². The van der Waals surface area contributed by atoms with E-state index in [1.807, 2.05) is 12.1 Å². The smallest absolute Gasteiger partial charge is 0.217 e. The van der Waals surface area contributed by atoms with Gasteiger partial charge in [0.15, 0.2) is 0 Å². The summed E-state index contributed by atoms with van der Waals surface area (Å²) in [5.74, 6) is -0.0239. The number of halogens is 1. The molecule has 18 heavy (non-hydrogen) atoms. The number of carbonyl (C=O) groups is 1. The molecule has 1 aromatic rings. The van der Waals surface area contributed by atoms with Crippen molar-refractivity contribution in [3.8, 4) is 0 Å². The first-order valence-corrected chi connectivity index (χ1v) is 6.43. The van der Waals surface area contributed by atoms with Crippen LogP contribution >= 0.6 is 0 Å². The number of hydrogen-bond acceptors (Lipinski definition) is 2. The lowest BCUT2D eigenvalue weighted by atomic mass is 9.75. The first kappa shape index (κ1) is 13.0. The number of nitrogens with one attached hydrogen (secondary N) is 1. The highest BCUT2D eigenvalue weighted by atomic mass is 19.1. The predicted molar refractivity (Wildman–Crippen MR) is 68.6 cm³/mol. The molecule has 3 nitrogen and oxygen atoms in total. The zero-order valence-electron chi connectivity index (χ0n) is 10.4. The van der Waals surface area contributed by atoms with Crippen LogP contribution in [0.2, 0.25) is 0 Å². The van der Waals surface area contributed by atoms with Gasteiger partial charge in [0.05, 0.1) is 0 Å². The second-order valence-electron chi connectivity index (χ2n) is 4.91. The lowest BCUT2D eigenvalue weighted by Gasteiger charge is -2.36. The summed E-state index contributed by atoms with van der Waals surface area (Å²) >= 11 is 0. The van der Waals surface area contributed by atoms with E-state index in [1.165, 1.54) is 6.07 Å². The molecule has 0 atom stereocenters. The molecule has 98 valence electrons. The Morgan fingerprint density at radius 2 is 2.11 bits per heavy atom. The minimum atomic E-state index is -0.255. The van der Waals surface area contributed by atoms with E-state index in [0.717, 1.165) is 31.4 Å². The van der Waals surface area contributed by atoms with Crippen molar-refractivity contribution in [1.82, 2.24) is 5.32 Å². The van der Waals surface area contributed by atoms with Crippen LogP contribution in [0, 0.1) is 5.82 Å². The van der Waals surface area contributed by atoms with E-state index >= 15 is 0 Å². The summed E-state index contributed by atoms with van der Waals surface area (Å²) in [5.41, 5.74) is 5.89. The maximum atomic E-state index is 13.5. The fourth-order valence-corrected chi connectivity index (χ4v) is 2.41. The molecular formula is C14H19FN2O. The van der Waals surface area contributed by atoms with E-state index in [9.17, 15) is 9.18 Å². The Balaban J connectivity index is 1.68. The van der Waals surface area contributed by atoms with Crippen molar-refractivity contribution >= 4 is 5.91 Å². The highest BCUT2D eigenvalue weighted by Crippen LogP contribution is 2.37. The maximum Gasteiger partial charge on any atom is 0.217 e. The van der Waals surface area contributed by atoms with Gasteiger partial charge in [0.25, 0.3) is 0 Å². The van der Waals surface area contributed by atoms with E-state index in [1.54, 1.807) is 6.07 Å². The maximum absolute atomic E-state index is 13.5. The first-order chi connectivity index (χ1) is 8.66. The van der Waals surface area contributed by atoms with Crippen molar-refractivity contribution in [2.45, 2.75) is 37.6 Å². The third-order valence-corrected chi connectivity index (χ3v) is 3.52. The van der Waals surface area contributed by atoms with Gasteiger partial charge in [0.2, 0.25) is 5.91 Å². The third kappa shape index (κ3) is 3.29. The number of rotatable bonds is 6. The molecule has 1 aliphatic carbocycles. The van der Waals surface area contributed by atoms with Gasteiger partial charge in [0.1, 0.15) is 5.82 Å². The van der Waals surface area contributed by atoms with Crippen molar-refractivity contribution in [1.29, 1.82) is 0 Å². The van der Waals surface area contributed by atoms with Gasteiger partial charge in [-0.3, -0.25) is 4.79 Å². The van der Waals surface area contributed by atoms with Crippen molar-refractivity contribution in [3.63, 3.8) is 0 Å². The summed E-state index contributed by atoms with van der Waals surface area (Å²) in [6.45, 7) is 0.803. The lowest BCUT2D eigenvalue weighted by Crippen LogP contribution is -2.40. The van der Waals surface area contributed by atoms with Gasteiger partial charge in [-0.05, 0) is 43.4 Å². The van der Waals surface area contributed by atoms with Crippen molar-refractivity contribution in [2.75, 3.05) is 6.54 Å². The molecule has 1 aromatic carbocycles. The molecule has 0 heterocycles. The Morgan fingerprint density at radius 1 is 1.39 bits per heavy atom. The minimum absolute atomic E-state index is 0.102. The summed E-state index contributed by atoms with van der Waals surface area (Å²) in [6.07, 6.45) is 3.14. The number of nitrogens with two attached hydrogens (primary N) is 1. The summed E-state index contributed by atoms with van der Waals surface area (Å²) < 4.78 is 13.5. The zero-order chi connectivity index (χ0) is 13.0. The van der Waals surface area contributed by atoms with Gasteiger partial charge in [-0.2, -0.15) is 0 Å². The predicted octanol–water partition coefficient (Wildman–Crippen LogP) is 1.93. The highest BCUT2D eigenvalue weighted by molar-refractivity contribution is 5.73. The molecule has 0 radical (unpaired) electrons. The lowest BCUT2D eigenvalue weighted by molar-refractivity contribution is -0.118. The Kier molecular flexibility index (Phi) is 4.31. The number of primary amides is 1. The Bertz CT molecular complexity index is 416. The molecule has 0 aromatic heterocycles. The van der Waals surface area contributed by atoms with Gasteiger partial charge >= 0.3 is 0 Å². The third-order valence-electron chi connectivity index (χ3n) is 3.52. The molecule has 3 N–H and O–H groups in total. The van der Waals surface area contributed by atoms with Crippen LogP contribution in [0.15, 0.2) is 24.3 Å². The molecule has 4 heteroatoms. The molecule has 1 fully saturated rings. The van der Waals surface area contributed by atoms with Crippen LogP contribution in [0.4, 0.5) is 4.39 Å². The summed E-state index contributed by atoms with van der Waals surface area (Å²) in [5, 5.41) is 3.36. The highest BCUT2D eigenvalue weighted by Gasteiger charge is 2.31. The summed E-state index contributed by atoms with van der Waals surface area (Å²) in [7, 11) is 0. The van der Waals surface area contributed by atoms with Crippen LogP contribution in [0.25, 0.3) is 0 Å². The van der Waals surface area contributed by atoms with Gasteiger partial charge in [-0.1, -0.05) is 18.2 Å². The van der Waals surface area contributed by atoms with Crippen LogP contribution in [-0.2, 0) is 4.79 Å². The molecule has 1 amide bonds. The second kappa shape index (κ2) is 5.96. The summed E-state index contributed by atoms with van der Waals surface area (Å²) in [6, 6.07) is 7.43. The molecule has 2 rings (SSSR count). The molecule has 1 saturated carbocycles. The average molecular weight is 250 g/mol. The van der Waals surface area contributed by atoms with Crippen molar-refractivity contribution < 1.29 is 9.18 Å². The normalized spacial score (nSPS) is 22.5. The minimum Gasteiger partial charge on any atom is -0.370 e. The molecule has 0 bridgehead atoms. The number of benzene rings is 1. The standard InChI is InChI=1S/C14H19FN2O/c15-13-5-2-1-4-12(13)10-8-11(9-10)17-7-3-6-14(16)18/h1-2,4-5,10-11,17H,3,6-9H2,(H2,16,18). The SMILES string of the molecule is NC(=O)CCCNC1CC(c2ccccc2F)C1. The van der Waals surface area contributed by atoms with Crippen LogP contribution in [0.3, 0.4) is 0 Å². The van der Waals surface area contributed by atoms with E-state index in [-0.39, 0.29) is 11.7 Å². The van der Waals surface area contributed by atoms with Crippen LogP contribution in [-0.4, -0.2) is 18.5 Å². The molecule has 0 spiro atoms. The summed E-state index contributed by atoms with van der Waals surface area (Å²) in [4.78, 5) is 10.6. The molecular weight excluding hydrogens is 231 g/mol. The van der Waals surface area contributed by atoms with Crippen molar-refractivity contribution in [3.05, 3.63) is 35.6 Å². The fourth-order valence-electron chi connectivity index (χ4n) is 2.41. The Morgan fingerprint density at radius 3 is 2.78 bits per heavy atom. The molecule has 1 aliphatic rings. The first-order valence-electron chi connectivity index (χ1n) is 6.43. The number of amides is 1. The van der Waals surface area contributed by atoms with E-state index < -0.39 is 0 Å². The van der Waals surface area contributed by atoms with Crippen LogP contribution < -0.4 is 11.1 Å². The molecule has 0 aliphatic heterocycles. The van der Waals surface area contributed by atoms with Gasteiger partial charge in [0, 0.05) is 12.5 Å². The fraction of sp³-hybridized carbons (Fsp3) is 0.500. The van der Waals surface area contributed by atoms with E-state index in [0.29, 0.717) is 18.4 Å². The van der Waals surface area contributed by atoms with Crippen LogP contribution in [0.5, 0.6) is 0 Å². The monoisotopic (exact) mass is 250 g/mol. The largest absolute Gasteiger partial charge is 0.370 e.